The second-order valence-electron chi connectivity index (χ2n) is 13.2. The van der Waals surface area contributed by atoms with E-state index >= 15 is 0 Å². The van der Waals surface area contributed by atoms with Crippen molar-refractivity contribution in [2.45, 2.75) is 68.2 Å². The van der Waals surface area contributed by atoms with Crippen LogP contribution >= 0.6 is 31.1 Å². The first-order valence-corrected chi connectivity index (χ1v) is 21.5. The molecule has 1 saturated heterocycles. The molecule has 3 aromatic rings. The van der Waals surface area contributed by atoms with E-state index in [0.717, 1.165) is 9.79 Å². The molecule has 13 nitrogen and oxygen atoms in total. The van der Waals surface area contributed by atoms with Gasteiger partial charge in [0.1, 0.15) is 35.1 Å². The summed E-state index contributed by atoms with van der Waals surface area (Å²) in [7, 11) is -4.16. The Labute approximate surface area is 324 Å². The normalized spacial score (nSPS) is 15.3. The van der Waals surface area contributed by atoms with Gasteiger partial charge in [0.15, 0.2) is 19.0 Å². The fraction of sp³-hybridized carbons (Fsp3) is 0.421. The lowest BCUT2D eigenvalue weighted by molar-refractivity contribution is -0.142. The minimum atomic E-state index is -4.16. The largest absolute Gasteiger partial charge is 0.484 e. The van der Waals surface area contributed by atoms with Crippen LogP contribution in [0.2, 0.25) is 0 Å². The van der Waals surface area contributed by atoms with Gasteiger partial charge in [-0.1, -0.05) is 27.7 Å². The third-order valence-corrected chi connectivity index (χ3v) is 12.3. The Bertz CT molecular complexity index is 1720. The first kappa shape index (κ1) is 42.4. The summed E-state index contributed by atoms with van der Waals surface area (Å²) in [5.41, 5.74) is 0. The zero-order valence-corrected chi connectivity index (χ0v) is 33.7. The second-order valence-corrected chi connectivity index (χ2v) is 17.0. The third kappa shape index (κ3) is 11.8. The van der Waals surface area contributed by atoms with Gasteiger partial charge in [0.2, 0.25) is 11.8 Å². The van der Waals surface area contributed by atoms with Gasteiger partial charge >= 0.3 is 13.6 Å². The summed E-state index contributed by atoms with van der Waals surface area (Å²) in [5.74, 6) is -3.09. The van der Waals surface area contributed by atoms with Crippen molar-refractivity contribution in [1.29, 1.82) is 0 Å². The number of carbonyl (C=O) groups is 4. The van der Waals surface area contributed by atoms with E-state index in [-0.39, 0.29) is 12.5 Å². The predicted molar refractivity (Wildman–Crippen MR) is 209 cm³/mol. The molecule has 0 saturated carbocycles. The summed E-state index contributed by atoms with van der Waals surface area (Å²) in [5, 5.41) is 14.5. The van der Waals surface area contributed by atoms with Gasteiger partial charge in [0, 0.05) is 16.3 Å². The van der Waals surface area contributed by atoms with E-state index < -0.39 is 61.7 Å². The number of rotatable bonds is 19. The number of nitrogens with one attached hydrogen (secondary N) is 2. The van der Waals surface area contributed by atoms with Crippen LogP contribution in [0.4, 0.5) is 0 Å². The molecule has 0 spiro atoms. The van der Waals surface area contributed by atoms with Gasteiger partial charge in [0.05, 0.1) is 0 Å². The molecule has 0 radical (unpaired) electrons. The monoisotopic (exact) mass is 801 g/mol. The highest BCUT2D eigenvalue weighted by atomic mass is 32.2. The SMILES string of the molecule is CSc1ccc(OP(=O)(Oc2ccc(SC)cc2)[C@H](NC(=O)[C@@H]2CCCN2C(=O)[C@@H](NC(=O)COc2ccc(OCC(=O)O)cc2)C(C)C)C(C)C)cc1. The predicted octanol–water partition coefficient (Wildman–Crippen LogP) is 6.55. The van der Waals surface area contributed by atoms with Crippen molar-refractivity contribution in [3.8, 4) is 23.0 Å². The summed E-state index contributed by atoms with van der Waals surface area (Å²) < 4.78 is 37.9. The molecule has 292 valence electrons. The molecule has 0 aliphatic carbocycles. The molecule has 0 aromatic heterocycles. The first-order valence-electron chi connectivity index (χ1n) is 17.5. The second kappa shape index (κ2) is 19.8. The van der Waals surface area contributed by atoms with E-state index in [2.05, 4.69) is 10.6 Å². The van der Waals surface area contributed by atoms with Crippen molar-refractivity contribution in [1.82, 2.24) is 15.5 Å². The van der Waals surface area contributed by atoms with Crippen molar-refractivity contribution in [2.75, 3.05) is 32.3 Å². The van der Waals surface area contributed by atoms with Crippen LogP contribution in [0.25, 0.3) is 0 Å². The van der Waals surface area contributed by atoms with Gasteiger partial charge in [-0.2, -0.15) is 0 Å². The highest BCUT2D eigenvalue weighted by molar-refractivity contribution is 7.98. The molecule has 54 heavy (non-hydrogen) atoms. The molecule has 1 aliphatic heterocycles. The van der Waals surface area contributed by atoms with Gasteiger partial charge in [0.25, 0.3) is 5.91 Å². The number of aliphatic carboxylic acids is 1. The van der Waals surface area contributed by atoms with Crippen molar-refractivity contribution in [3.63, 3.8) is 0 Å². The van der Waals surface area contributed by atoms with Crippen LogP contribution in [0.1, 0.15) is 40.5 Å². The Hall–Kier alpha value is -4.33. The number of nitrogens with zero attached hydrogens (tertiary/aromatic N) is 1. The standard InChI is InChI=1S/C38H48N3O10PS2/c1-24(2)35(39-33(42)22-48-26-9-11-27(12-10-26)49-23-34(43)44)38(46)41-21-7-8-32(41)36(45)40-37(25(3)4)52(47,50-28-13-17-30(53-5)18-14-28)51-29-15-19-31(54-6)20-16-29/h9-20,24-25,32,35,37H,7-8,21-23H2,1-6H3,(H,39,42)(H,40,45)(H,43,44)/t32-,35-,37-/m0/s1. The molecule has 3 aromatic carbocycles. The van der Waals surface area contributed by atoms with Gasteiger partial charge < -0.3 is 39.2 Å². The Morgan fingerprint density at radius 1 is 0.759 bits per heavy atom. The van der Waals surface area contributed by atoms with Crippen molar-refractivity contribution in [3.05, 3.63) is 72.8 Å². The molecule has 1 fully saturated rings. The minimum Gasteiger partial charge on any atom is -0.484 e. The number of thioether (sulfide) groups is 2. The number of likely N-dealkylation sites (tertiary alicyclic amines) is 1. The zero-order valence-electron chi connectivity index (χ0n) is 31.2. The van der Waals surface area contributed by atoms with Gasteiger partial charge in [-0.05, 0) is 110 Å². The van der Waals surface area contributed by atoms with Gasteiger partial charge in [-0.25, -0.2) is 9.36 Å². The molecule has 1 aliphatic rings. The number of carbonyl (C=O) groups excluding carboxylic acids is 3. The summed E-state index contributed by atoms with van der Waals surface area (Å²) in [6.07, 6.45) is 4.82. The van der Waals surface area contributed by atoms with E-state index in [0.29, 0.717) is 42.4 Å². The van der Waals surface area contributed by atoms with Crippen LogP contribution in [0.3, 0.4) is 0 Å². The smallest absolute Gasteiger partial charge is 0.453 e. The number of benzene rings is 3. The first-order chi connectivity index (χ1) is 25.7. The van der Waals surface area contributed by atoms with E-state index in [4.69, 9.17) is 23.6 Å². The maximum atomic E-state index is 14.9. The molecule has 3 atom stereocenters. The Morgan fingerprint density at radius 3 is 1.69 bits per heavy atom. The number of ether oxygens (including phenoxy) is 2. The molecule has 3 amide bonds. The van der Waals surface area contributed by atoms with Crippen LogP contribution in [0, 0.1) is 11.8 Å². The van der Waals surface area contributed by atoms with Crippen LogP contribution < -0.4 is 29.2 Å². The lowest BCUT2D eigenvalue weighted by Crippen LogP contribution is -2.56. The summed E-state index contributed by atoms with van der Waals surface area (Å²) in [6.45, 7) is 6.62. The van der Waals surface area contributed by atoms with Crippen molar-refractivity contribution >= 4 is 54.8 Å². The fourth-order valence-corrected chi connectivity index (χ4v) is 8.62. The number of amides is 3. The minimum absolute atomic E-state index is 0.295. The molecular formula is C38H48N3O10PS2. The molecule has 1 heterocycles. The topological polar surface area (TPSA) is 170 Å². The number of carboxylic acids is 1. The van der Waals surface area contributed by atoms with Crippen LogP contribution in [0.5, 0.6) is 23.0 Å². The molecular weight excluding hydrogens is 754 g/mol. The van der Waals surface area contributed by atoms with E-state index in [9.17, 15) is 23.7 Å². The number of hydrogen-bond donors (Lipinski definition) is 3. The summed E-state index contributed by atoms with van der Waals surface area (Å²) >= 11 is 3.11. The van der Waals surface area contributed by atoms with E-state index in [1.165, 1.54) is 29.2 Å². The Kier molecular flexibility index (Phi) is 15.6. The zero-order chi connectivity index (χ0) is 39.4. The summed E-state index contributed by atoms with van der Waals surface area (Å²) in [6, 6.07) is 18.5. The third-order valence-electron chi connectivity index (χ3n) is 8.49. The van der Waals surface area contributed by atoms with E-state index in [1.807, 2.05) is 50.6 Å². The van der Waals surface area contributed by atoms with E-state index in [1.54, 1.807) is 61.6 Å². The molecule has 0 unspecified atom stereocenters. The Balaban J connectivity index is 1.47. The van der Waals surface area contributed by atoms with Crippen LogP contribution in [-0.4, -0.2) is 83.8 Å². The Morgan fingerprint density at radius 2 is 1.24 bits per heavy atom. The van der Waals surface area contributed by atoms with Gasteiger partial charge in [-0.3, -0.25) is 14.4 Å². The van der Waals surface area contributed by atoms with Crippen molar-refractivity contribution < 1.29 is 47.4 Å². The quantitative estimate of drug-likeness (QED) is 0.0884. The molecule has 3 N–H and O–H groups in total. The maximum absolute atomic E-state index is 14.9. The van der Waals surface area contributed by atoms with Crippen LogP contribution in [-0.2, 0) is 23.7 Å². The average molecular weight is 802 g/mol. The van der Waals surface area contributed by atoms with Crippen LogP contribution in [0.15, 0.2) is 82.6 Å². The highest BCUT2D eigenvalue weighted by Gasteiger charge is 2.46. The maximum Gasteiger partial charge on any atom is 0.453 e. The lowest BCUT2D eigenvalue weighted by atomic mass is 10.0. The highest BCUT2D eigenvalue weighted by Crippen LogP contribution is 2.54. The molecule has 0 bridgehead atoms. The number of hydrogen-bond acceptors (Lipinski definition) is 11. The van der Waals surface area contributed by atoms with Gasteiger partial charge in [-0.15, -0.1) is 23.5 Å². The fourth-order valence-electron chi connectivity index (χ4n) is 5.69. The molecule has 4 rings (SSSR count). The molecule has 16 heteroatoms. The number of carboxylic acid groups (broad SMARTS) is 1. The lowest BCUT2D eigenvalue weighted by Gasteiger charge is -2.34. The van der Waals surface area contributed by atoms with Crippen molar-refractivity contribution in [2.24, 2.45) is 11.8 Å². The average Bonchev–Trinajstić information content (AvgIpc) is 3.65. The summed E-state index contributed by atoms with van der Waals surface area (Å²) in [4.78, 5) is 55.2.